The second-order valence-corrected chi connectivity index (χ2v) is 13.1. The van der Waals surface area contributed by atoms with E-state index in [0.29, 0.717) is 32.7 Å². The zero-order chi connectivity index (χ0) is 30.5. The summed E-state index contributed by atoms with van der Waals surface area (Å²) in [5.74, 6) is -0.988. The summed E-state index contributed by atoms with van der Waals surface area (Å²) in [5, 5.41) is 3.92. The second kappa shape index (κ2) is 13.9. The zero-order valence-corrected chi connectivity index (χ0v) is 26.7. The minimum Gasteiger partial charge on any atom is -0.352 e. The Balaban J connectivity index is 2.09. The van der Waals surface area contributed by atoms with Crippen molar-refractivity contribution in [2.24, 2.45) is 0 Å². The van der Waals surface area contributed by atoms with E-state index < -0.39 is 28.5 Å². The van der Waals surface area contributed by atoms with Gasteiger partial charge in [-0.2, -0.15) is 0 Å². The number of sulfonamides is 1. The zero-order valence-electron chi connectivity index (χ0n) is 23.6. The summed E-state index contributed by atoms with van der Waals surface area (Å²) >= 11 is 18.9. The third-order valence-electron chi connectivity index (χ3n) is 7.02. The van der Waals surface area contributed by atoms with Crippen LogP contribution < -0.4 is 9.62 Å². The average molecular weight is 639 g/mol. The predicted octanol–water partition coefficient (Wildman–Crippen LogP) is 6.79. The molecule has 3 aromatic carbocycles. The Bertz CT molecular complexity index is 1490. The maximum atomic E-state index is 14.1. The summed E-state index contributed by atoms with van der Waals surface area (Å²) < 4.78 is 28.9. The lowest BCUT2D eigenvalue weighted by Crippen LogP contribution is -2.52. The van der Waals surface area contributed by atoms with Crippen molar-refractivity contribution in [3.8, 4) is 0 Å². The Hall–Kier alpha value is -2.78. The van der Waals surface area contributed by atoms with E-state index in [-0.39, 0.29) is 23.4 Å². The van der Waals surface area contributed by atoms with Gasteiger partial charge in [-0.1, -0.05) is 53.9 Å². The lowest BCUT2D eigenvalue weighted by atomic mass is 10.1. The standard InChI is InChI=1S/C30H34Cl3N3O4S/c1-6-21(4)34-30(38)22(5)35(17-26-27(32)8-7-9-28(26)33)29(37)18-36(24-13-10-19(2)20(3)16-24)41(39,40)25-14-11-23(31)12-15-25/h7-16,21-22H,6,17-18H2,1-5H3,(H,34,38)/t21-,22-/m1/s1. The molecule has 0 spiro atoms. The second-order valence-electron chi connectivity index (χ2n) is 9.95. The largest absolute Gasteiger partial charge is 0.352 e. The molecule has 11 heteroatoms. The van der Waals surface area contributed by atoms with Crippen LogP contribution in [0.25, 0.3) is 0 Å². The Labute approximate surface area is 257 Å². The SMILES string of the molecule is CC[C@@H](C)NC(=O)[C@@H](C)N(Cc1c(Cl)cccc1Cl)C(=O)CN(c1ccc(C)c(C)c1)S(=O)(=O)c1ccc(Cl)cc1. The van der Waals surface area contributed by atoms with Crippen LogP contribution in [0, 0.1) is 13.8 Å². The third kappa shape index (κ3) is 7.95. The highest BCUT2D eigenvalue weighted by Crippen LogP contribution is 2.29. The number of carbonyl (C=O) groups excluding carboxylic acids is 2. The van der Waals surface area contributed by atoms with Crippen molar-refractivity contribution in [2.75, 3.05) is 10.8 Å². The summed E-state index contributed by atoms with van der Waals surface area (Å²) in [7, 11) is -4.21. The van der Waals surface area contributed by atoms with Gasteiger partial charge in [0.15, 0.2) is 0 Å². The van der Waals surface area contributed by atoms with Crippen LogP contribution >= 0.6 is 34.8 Å². The van der Waals surface area contributed by atoms with Crippen LogP contribution in [0.5, 0.6) is 0 Å². The molecule has 0 aromatic heterocycles. The molecule has 7 nitrogen and oxygen atoms in total. The molecule has 3 aromatic rings. The Morgan fingerprint density at radius 2 is 1.51 bits per heavy atom. The van der Waals surface area contributed by atoms with E-state index in [1.807, 2.05) is 27.7 Å². The van der Waals surface area contributed by atoms with Crippen molar-refractivity contribution in [2.45, 2.75) is 64.6 Å². The average Bonchev–Trinajstić information content (AvgIpc) is 2.92. The first kappa shape index (κ1) is 32.7. The molecule has 0 saturated heterocycles. The van der Waals surface area contributed by atoms with Crippen LogP contribution in [0.1, 0.15) is 43.9 Å². The van der Waals surface area contributed by atoms with E-state index >= 15 is 0 Å². The van der Waals surface area contributed by atoms with E-state index in [9.17, 15) is 18.0 Å². The lowest BCUT2D eigenvalue weighted by molar-refractivity contribution is -0.139. The van der Waals surface area contributed by atoms with Crippen LogP contribution in [-0.2, 0) is 26.2 Å². The van der Waals surface area contributed by atoms with E-state index in [4.69, 9.17) is 34.8 Å². The highest BCUT2D eigenvalue weighted by molar-refractivity contribution is 7.92. The number of anilines is 1. The maximum Gasteiger partial charge on any atom is 0.264 e. The van der Waals surface area contributed by atoms with Gasteiger partial charge in [0.05, 0.1) is 10.6 Å². The Kier molecular flexibility index (Phi) is 11.1. The van der Waals surface area contributed by atoms with Crippen molar-refractivity contribution in [1.29, 1.82) is 0 Å². The first-order valence-corrected chi connectivity index (χ1v) is 15.7. The number of hydrogen-bond donors (Lipinski definition) is 1. The summed E-state index contributed by atoms with van der Waals surface area (Å²) in [6.45, 7) is 8.49. The number of halogens is 3. The molecule has 0 bridgehead atoms. The fourth-order valence-corrected chi connectivity index (χ4v) is 6.09. The van der Waals surface area contributed by atoms with Crippen molar-refractivity contribution >= 4 is 62.3 Å². The van der Waals surface area contributed by atoms with E-state index in [1.54, 1.807) is 43.3 Å². The van der Waals surface area contributed by atoms with Gasteiger partial charge >= 0.3 is 0 Å². The molecule has 1 N–H and O–H groups in total. The minimum absolute atomic E-state index is 0.0313. The number of nitrogens with one attached hydrogen (secondary N) is 1. The van der Waals surface area contributed by atoms with Crippen LogP contribution in [-0.4, -0.2) is 43.8 Å². The Morgan fingerprint density at radius 1 is 0.902 bits per heavy atom. The van der Waals surface area contributed by atoms with Gasteiger partial charge in [0.2, 0.25) is 11.8 Å². The highest BCUT2D eigenvalue weighted by atomic mass is 35.5. The van der Waals surface area contributed by atoms with Gasteiger partial charge in [-0.3, -0.25) is 13.9 Å². The van der Waals surface area contributed by atoms with Gasteiger partial charge in [0.1, 0.15) is 12.6 Å². The maximum absolute atomic E-state index is 14.1. The van der Waals surface area contributed by atoms with Crippen LogP contribution in [0.2, 0.25) is 15.1 Å². The van der Waals surface area contributed by atoms with Crippen molar-refractivity contribution in [1.82, 2.24) is 10.2 Å². The molecule has 3 rings (SSSR count). The molecule has 0 unspecified atom stereocenters. The molecule has 41 heavy (non-hydrogen) atoms. The van der Waals surface area contributed by atoms with Crippen molar-refractivity contribution in [3.05, 3.63) is 92.4 Å². The van der Waals surface area contributed by atoms with Crippen LogP contribution in [0.3, 0.4) is 0 Å². The molecular weight excluding hydrogens is 605 g/mol. The molecule has 0 saturated carbocycles. The number of carbonyl (C=O) groups is 2. The van der Waals surface area contributed by atoms with Gasteiger partial charge in [0.25, 0.3) is 10.0 Å². The quantitative estimate of drug-likeness (QED) is 0.251. The normalized spacial score (nSPS) is 12.9. The molecule has 0 heterocycles. The number of aryl methyl sites for hydroxylation is 2. The van der Waals surface area contributed by atoms with Crippen LogP contribution in [0.15, 0.2) is 65.6 Å². The van der Waals surface area contributed by atoms with Gasteiger partial charge in [-0.15, -0.1) is 0 Å². The van der Waals surface area contributed by atoms with E-state index in [2.05, 4.69) is 5.32 Å². The van der Waals surface area contributed by atoms with Gasteiger partial charge in [0, 0.05) is 33.2 Å². The monoisotopic (exact) mass is 637 g/mol. The highest BCUT2D eigenvalue weighted by Gasteiger charge is 2.33. The molecular formula is C30H34Cl3N3O4S. The molecule has 0 fully saturated rings. The third-order valence-corrected chi connectivity index (χ3v) is 9.77. The lowest BCUT2D eigenvalue weighted by Gasteiger charge is -2.33. The fraction of sp³-hybridized carbons (Fsp3) is 0.333. The number of amides is 2. The minimum atomic E-state index is -4.21. The van der Waals surface area contributed by atoms with E-state index in [1.165, 1.54) is 29.2 Å². The number of hydrogen-bond acceptors (Lipinski definition) is 4. The molecule has 0 aliphatic heterocycles. The van der Waals surface area contributed by atoms with Crippen molar-refractivity contribution < 1.29 is 18.0 Å². The van der Waals surface area contributed by atoms with Crippen LogP contribution in [0.4, 0.5) is 5.69 Å². The van der Waals surface area contributed by atoms with Gasteiger partial charge in [-0.05, 0) is 93.8 Å². The molecule has 0 aliphatic carbocycles. The summed E-state index contributed by atoms with van der Waals surface area (Å²) in [6, 6.07) is 14.8. The molecule has 0 aliphatic rings. The first-order valence-electron chi connectivity index (χ1n) is 13.1. The summed E-state index contributed by atoms with van der Waals surface area (Å²) in [6.07, 6.45) is 0.697. The summed E-state index contributed by atoms with van der Waals surface area (Å²) in [5.41, 5.74) is 2.58. The van der Waals surface area contributed by atoms with Gasteiger partial charge in [-0.25, -0.2) is 8.42 Å². The number of benzene rings is 3. The number of rotatable bonds is 11. The van der Waals surface area contributed by atoms with Crippen molar-refractivity contribution in [3.63, 3.8) is 0 Å². The topological polar surface area (TPSA) is 86.8 Å². The Morgan fingerprint density at radius 3 is 2.07 bits per heavy atom. The smallest absolute Gasteiger partial charge is 0.264 e. The van der Waals surface area contributed by atoms with E-state index in [0.717, 1.165) is 15.4 Å². The molecule has 220 valence electrons. The molecule has 2 atom stereocenters. The number of nitrogens with zero attached hydrogens (tertiary/aromatic N) is 2. The fourth-order valence-electron chi connectivity index (χ4n) is 4.05. The predicted molar refractivity (Wildman–Crippen MR) is 166 cm³/mol. The first-order chi connectivity index (χ1) is 19.3. The molecule has 0 radical (unpaired) electrons. The van der Waals surface area contributed by atoms with Gasteiger partial charge < -0.3 is 10.2 Å². The molecule has 2 amide bonds. The summed E-state index contributed by atoms with van der Waals surface area (Å²) in [4.78, 5) is 28.5.